The Labute approximate surface area is 199 Å². The maximum Gasteiger partial charge on any atom is 0.319 e. The number of methoxy groups -OCH3 is 2. The smallest absolute Gasteiger partial charge is 0.319 e. The van der Waals surface area contributed by atoms with Gasteiger partial charge >= 0.3 is 6.01 Å². The molecule has 1 amide bonds. The number of aromatic amines is 1. The van der Waals surface area contributed by atoms with Crippen LogP contribution in [-0.2, 0) is 4.74 Å². The summed E-state index contributed by atoms with van der Waals surface area (Å²) in [5.74, 6) is 1.70. The van der Waals surface area contributed by atoms with Crippen LogP contribution in [0.15, 0.2) is 24.5 Å². The molecule has 1 atom stereocenters. The lowest BCUT2D eigenvalue weighted by Crippen LogP contribution is -2.34. The van der Waals surface area contributed by atoms with Crippen LogP contribution in [0.1, 0.15) is 41.7 Å². The molecule has 182 valence electrons. The fourth-order valence-corrected chi connectivity index (χ4v) is 4.38. The van der Waals surface area contributed by atoms with Gasteiger partial charge in [0.1, 0.15) is 29.0 Å². The van der Waals surface area contributed by atoms with E-state index in [-0.39, 0.29) is 18.0 Å². The van der Waals surface area contributed by atoms with Gasteiger partial charge in [0.05, 0.1) is 19.1 Å². The van der Waals surface area contributed by atoms with Crippen molar-refractivity contribution in [2.45, 2.75) is 31.8 Å². The van der Waals surface area contributed by atoms with E-state index in [1.165, 1.54) is 10.5 Å². The summed E-state index contributed by atoms with van der Waals surface area (Å²) in [5, 5.41) is 1.05. The van der Waals surface area contributed by atoms with E-state index >= 15 is 0 Å². The van der Waals surface area contributed by atoms with Crippen molar-refractivity contribution in [1.82, 2.24) is 24.8 Å². The predicted octanol–water partition coefficient (Wildman–Crippen LogP) is 2.86. The number of ether oxygens (including phenoxy) is 3. The molecule has 0 aromatic carbocycles. The molecule has 10 heteroatoms. The Morgan fingerprint density at radius 1 is 1.26 bits per heavy atom. The number of carbonyl (C=O) groups is 1. The average Bonchev–Trinajstić information content (AvgIpc) is 3.28. The summed E-state index contributed by atoms with van der Waals surface area (Å²) >= 11 is 0. The first kappa shape index (κ1) is 23.7. The molecular weight excluding hydrogens is 436 g/mol. The quantitative estimate of drug-likeness (QED) is 0.538. The molecule has 1 fully saturated rings. The zero-order chi connectivity index (χ0) is 24.2. The van der Waals surface area contributed by atoms with Crippen LogP contribution in [0.2, 0.25) is 0 Å². The summed E-state index contributed by atoms with van der Waals surface area (Å²) in [4.78, 5) is 33.0. The van der Waals surface area contributed by atoms with Gasteiger partial charge in [0, 0.05) is 52.8 Å². The number of carbonyl (C=O) groups excluding carboxylic acids is 1. The third-order valence-electron chi connectivity index (χ3n) is 6.07. The summed E-state index contributed by atoms with van der Waals surface area (Å²) < 4.78 is 16.6. The van der Waals surface area contributed by atoms with E-state index in [0.717, 1.165) is 42.7 Å². The van der Waals surface area contributed by atoms with E-state index < -0.39 is 0 Å². The minimum absolute atomic E-state index is 0.182. The van der Waals surface area contributed by atoms with Gasteiger partial charge in [0.25, 0.3) is 5.91 Å². The molecule has 1 saturated heterocycles. The molecule has 1 aliphatic rings. The Morgan fingerprint density at radius 3 is 2.71 bits per heavy atom. The molecule has 3 aromatic rings. The molecule has 1 N–H and O–H groups in total. The third kappa shape index (κ3) is 4.91. The molecule has 10 nitrogen and oxygen atoms in total. The lowest BCUT2D eigenvalue weighted by Gasteiger charge is -2.33. The number of anilines is 1. The number of nitrogens with zero attached hydrogens (tertiary/aromatic N) is 5. The van der Waals surface area contributed by atoms with Gasteiger partial charge in [-0.25, -0.2) is 4.98 Å². The van der Waals surface area contributed by atoms with Crippen molar-refractivity contribution in [2.75, 3.05) is 52.9 Å². The van der Waals surface area contributed by atoms with Crippen molar-refractivity contribution in [3.8, 4) is 11.8 Å². The van der Waals surface area contributed by atoms with Crippen LogP contribution in [0.5, 0.6) is 11.8 Å². The molecule has 0 spiro atoms. The van der Waals surface area contributed by atoms with Crippen molar-refractivity contribution in [2.24, 2.45) is 0 Å². The van der Waals surface area contributed by atoms with Crippen molar-refractivity contribution >= 4 is 22.8 Å². The molecule has 0 saturated carbocycles. The van der Waals surface area contributed by atoms with Crippen molar-refractivity contribution in [3.05, 3.63) is 35.8 Å². The number of rotatable bonds is 8. The minimum atomic E-state index is -0.237. The van der Waals surface area contributed by atoms with Gasteiger partial charge in [-0.1, -0.05) is 0 Å². The van der Waals surface area contributed by atoms with E-state index in [1.54, 1.807) is 40.6 Å². The van der Waals surface area contributed by atoms with Crippen LogP contribution in [0.4, 0.5) is 5.82 Å². The van der Waals surface area contributed by atoms with Gasteiger partial charge in [-0.05, 0) is 37.3 Å². The van der Waals surface area contributed by atoms with Gasteiger partial charge in [-0.2, -0.15) is 9.97 Å². The number of fused-ring (bicyclic) bond motifs is 1. The number of aromatic nitrogens is 4. The zero-order valence-electron chi connectivity index (χ0n) is 20.4. The van der Waals surface area contributed by atoms with Gasteiger partial charge in [-0.15, -0.1) is 0 Å². The van der Waals surface area contributed by atoms with Crippen LogP contribution in [0.3, 0.4) is 0 Å². The highest BCUT2D eigenvalue weighted by molar-refractivity contribution is 5.92. The molecule has 0 unspecified atom stereocenters. The first-order valence-corrected chi connectivity index (χ1v) is 11.4. The number of pyridine rings is 1. The Balaban J connectivity index is 1.55. The second kappa shape index (κ2) is 10.3. The lowest BCUT2D eigenvalue weighted by atomic mass is 9.89. The largest absolute Gasteiger partial charge is 0.496 e. The Kier molecular flexibility index (Phi) is 7.16. The second-order valence-electron chi connectivity index (χ2n) is 8.72. The van der Waals surface area contributed by atoms with E-state index in [9.17, 15) is 4.79 Å². The Hall–Kier alpha value is -3.40. The zero-order valence-corrected chi connectivity index (χ0v) is 20.4. The molecule has 3 aromatic heterocycles. The normalized spacial score (nSPS) is 15.4. The molecule has 0 aliphatic carbocycles. The average molecular weight is 469 g/mol. The monoisotopic (exact) mass is 468 g/mol. The van der Waals surface area contributed by atoms with Crippen LogP contribution < -0.4 is 14.4 Å². The third-order valence-corrected chi connectivity index (χ3v) is 6.07. The molecule has 0 bridgehead atoms. The van der Waals surface area contributed by atoms with E-state index in [4.69, 9.17) is 14.2 Å². The maximum atomic E-state index is 12.7. The van der Waals surface area contributed by atoms with Gasteiger partial charge in [-0.3, -0.25) is 4.79 Å². The maximum absolute atomic E-state index is 12.7. The Bertz CT molecular complexity index is 1140. The number of piperidine rings is 1. The summed E-state index contributed by atoms with van der Waals surface area (Å²) in [6, 6.07) is 3.82. The predicted molar refractivity (Wildman–Crippen MR) is 129 cm³/mol. The molecular formula is C24H32N6O4. The number of hydrogen-bond acceptors (Lipinski definition) is 8. The molecule has 4 rings (SSSR count). The van der Waals surface area contributed by atoms with Crippen LogP contribution >= 0.6 is 0 Å². The topological polar surface area (TPSA) is 106 Å². The van der Waals surface area contributed by atoms with E-state index in [0.29, 0.717) is 24.0 Å². The molecule has 0 radical (unpaired) electrons. The van der Waals surface area contributed by atoms with E-state index in [1.807, 2.05) is 19.2 Å². The first-order valence-electron chi connectivity index (χ1n) is 11.4. The molecule has 1 aliphatic heterocycles. The summed E-state index contributed by atoms with van der Waals surface area (Å²) in [6.07, 6.45) is 5.42. The second-order valence-corrected chi connectivity index (χ2v) is 8.72. The molecule has 34 heavy (non-hydrogen) atoms. The highest BCUT2D eigenvalue weighted by atomic mass is 16.5. The van der Waals surface area contributed by atoms with Crippen molar-refractivity contribution in [3.63, 3.8) is 0 Å². The fourth-order valence-electron chi connectivity index (χ4n) is 4.38. The molecule has 4 heterocycles. The minimum Gasteiger partial charge on any atom is -0.496 e. The number of H-pyrrole nitrogens is 1. The highest BCUT2D eigenvalue weighted by Gasteiger charge is 2.27. The first-order chi connectivity index (χ1) is 16.4. The van der Waals surface area contributed by atoms with E-state index in [2.05, 4.69) is 24.8 Å². The summed E-state index contributed by atoms with van der Waals surface area (Å²) in [6.45, 7) is 3.86. The number of hydrogen-bond donors (Lipinski definition) is 1. The van der Waals surface area contributed by atoms with Gasteiger partial charge in [0.2, 0.25) is 0 Å². The van der Waals surface area contributed by atoms with Crippen molar-refractivity contribution < 1.29 is 19.0 Å². The highest BCUT2D eigenvalue weighted by Crippen LogP contribution is 2.37. The standard InChI is InChI=1S/C24H32N6O4/c1-15(14-32-4)34-24-27-18(23(31)29(2)3)12-20(28-24)30-10-7-16(8-11-30)17-13-26-22-21(17)19(33-5)6-9-25-22/h6,9,12-13,15-16H,7-8,10-11,14H2,1-5H3,(H,25,26)/t15-/m1/s1. The number of nitrogens with one attached hydrogen (secondary N) is 1. The van der Waals surface area contributed by atoms with Gasteiger partial charge in [0.15, 0.2) is 0 Å². The van der Waals surface area contributed by atoms with Crippen LogP contribution in [0, 0.1) is 0 Å². The lowest BCUT2D eigenvalue weighted by molar-refractivity contribution is 0.0797. The van der Waals surface area contributed by atoms with Crippen molar-refractivity contribution in [1.29, 1.82) is 0 Å². The fraction of sp³-hybridized carbons (Fsp3) is 0.500. The number of amides is 1. The Morgan fingerprint density at radius 2 is 2.03 bits per heavy atom. The van der Waals surface area contributed by atoms with Gasteiger partial charge < -0.3 is 29.0 Å². The summed E-state index contributed by atoms with van der Waals surface area (Å²) in [7, 11) is 6.70. The van der Waals surface area contributed by atoms with Crippen LogP contribution in [-0.4, -0.2) is 84.9 Å². The van der Waals surface area contributed by atoms with Crippen LogP contribution in [0.25, 0.3) is 11.0 Å². The SMILES string of the molecule is COC[C@@H](C)Oc1nc(C(=O)N(C)C)cc(N2CCC(c3c[nH]c4nccc(OC)c34)CC2)n1. The summed E-state index contributed by atoms with van der Waals surface area (Å²) in [5.41, 5.74) is 2.37.